The first-order valence-corrected chi connectivity index (χ1v) is 10.5. The average molecular weight is 299 g/mol. The third-order valence-electron chi connectivity index (χ3n) is 4.27. The molecule has 2 rings (SSSR count). The second-order valence-corrected chi connectivity index (χ2v) is 9.87. The topological polar surface area (TPSA) is 13.1 Å². The molecule has 1 aromatic heterocycles. The van der Waals surface area contributed by atoms with Gasteiger partial charge >= 0.3 is 0 Å². The molecule has 0 spiro atoms. The average Bonchev–Trinajstić information content (AvgIpc) is 3.06. The Morgan fingerprint density at radius 3 is 2.48 bits per heavy atom. The summed E-state index contributed by atoms with van der Waals surface area (Å²) in [4.78, 5) is 0. The van der Waals surface area contributed by atoms with Gasteiger partial charge in [0.25, 0.3) is 0 Å². The van der Waals surface area contributed by atoms with E-state index in [0.717, 1.165) is 6.04 Å². The molecule has 0 radical (unpaired) electrons. The zero-order chi connectivity index (χ0) is 15.0. The minimum Gasteiger partial charge on any atom is -0.474 e. The second-order valence-electron chi connectivity index (χ2n) is 5.73. The first-order chi connectivity index (χ1) is 10.3. The van der Waals surface area contributed by atoms with Gasteiger partial charge in [0, 0.05) is 0 Å². The molecule has 0 aliphatic carbocycles. The molecule has 2 heteroatoms. The van der Waals surface area contributed by atoms with Crippen molar-refractivity contribution in [2.45, 2.75) is 44.7 Å². The number of rotatable bonds is 9. The van der Waals surface area contributed by atoms with E-state index in [1.54, 1.807) is 0 Å². The van der Waals surface area contributed by atoms with E-state index in [4.69, 9.17) is 4.42 Å². The molecule has 0 N–H and O–H groups in total. The summed E-state index contributed by atoms with van der Waals surface area (Å²) in [5.41, 5.74) is 0. The highest BCUT2D eigenvalue weighted by Crippen LogP contribution is 2.21. The predicted molar refractivity (Wildman–Crippen MR) is 94.1 cm³/mol. The number of allylic oxidation sites excluding steroid dienone is 1. The van der Waals surface area contributed by atoms with Gasteiger partial charge in [0.2, 0.25) is 0 Å². The monoisotopic (exact) mass is 298 g/mol. The highest BCUT2D eigenvalue weighted by Gasteiger charge is 2.38. The van der Waals surface area contributed by atoms with Crippen LogP contribution in [0.5, 0.6) is 0 Å². The molecule has 0 amide bonds. The molecule has 0 aliphatic heterocycles. The molecule has 112 valence electrons. The Morgan fingerprint density at radius 2 is 1.86 bits per heavy atom. The lowest BCUT2D eigenvalue weighted by atomic mass is 10.2. The molecule has 0 saturated carbocycles. The van der Waals surface area contributed by atoms with Crippen molar-refractivity contribution in [1.82, 2.24) is 0 Å². The van der Waals surface area contributed by atoms with Crippen LogP contribution in [0.15, 0.2) is 65.8 Å². The van der Waals surface area contributed by atoms with Crippen LogP contribution >= 0.6 is 0 Å². The first kappa shape index (κ1) is 15.8. The Bertz CT molecular complexity index is 518. The van der Waals surface area contributed by atoms with Crippen LogP contribution < -0.4 is 10.6 Å². The quantitative estimate of drug-likeness (QED) is 0.374. The zero-order valence-corrected chi connectivity index (χ0v) is 14.1. The SMILES string of the molecule is C=CC[Si](CCCCCC)(c1ccccc1)c1ccco1. The summed E-state index contributed by atoms with van der Waals surface area (Å²) in [6.07, 6.45) is 9.10. The van der Waals surface area contributed by atoms with Crippen molar-refractivity contribution < 1.29 is 4.42 Å². The predicted octanol–water partition coefficient (Wildman–Crippen LogP) is 4.61. The van der Waals surface area contributed by atoms with Crippen molar-refractivity contribution in [3.63, 3.8) is 0 Å². The molecule has 1 aromatic carbocycles. The number of unbranched alkanes of at least 4 members (excludes halogenated alkanes) is 3. The molecule has 1 heterocycles. The third kappa shape index (κ3) is 3.76. The van der Waals surface area contributed by atoms with Crippen LogP contribution in [-0.4, -0.2) is 8.07 Å². The van der Waals surface area contributed by atoms with Crippen molar-refractivity contribution in [1.29, 1.82) is 0 Å². The van der Waals surface area contributed by atoms with Gasteiger partial charge in [-0.3, -0.25) is 0 Å². The highest BCUT2D eigenvalue weighted by molar-refractivity contribution is 7.01. The summed E-state index contributed by atoms with van der Waals surface area (Å²) in [5, 5.41) is 2.67. The van der Waals surface area contributed by atoms with E-state index < -0.39 is 8.07 Å². The highest BCUT2D eigenvalue weighted by atomic mass is 28.3. The lowest BCUT2D eigenvalue weighted by molar-refractivity contribution is 0.595. The normalized spacial score (nSPS) is 13.8. The van der Waals surface area contributed by atoms with Crippen LogP contribution in [0, 0.1) is 0 Å². The number of benzene rings is 1. The third-order valence-corrected chi connectivity index (χ3v) is 9.13. The van der Waals surface area contributed by atoms with E-state index in [-0.39, 0.29) is 0 Å². The molecule has 1 unspecified atom stereocenters. The zero-order valence-electron chi connectivity index (χ0n) is 13.1. The fourth-order valence-corrected chi connectivity index (χ4v) is 7.48. The Kier molecular flexibility index (Phi) is 6.06. The molecule has 2 aromatic rings. The van der Waals surface area contributed by atoms with Crippen molar-refractivity contribution in [2.75, 3.05) is 0 Å². The van der Waals surface area contributed by atoms with Crippen LogP contribution in [0.3, 0.4) is 0 Å². The molecule has 0 aliphatic rings. The summed E-state index contributed by atoms with van der Waals surface area (Å²) in [6, 6.07) is 17.4. The van der Waals surface area contributed by atoms with E-state index in [1.807, 2.05) is 12.3 Å². The Hall–Kier alpha value is -1.54. The minimum absolute atomic E-state index is 1.05. The smallest absolute Gasteiger partial charge is 0.166 e. The number of hydrogen-bond donors (Lipinski definition) is 0. The van der Waals surface area contributed by atoms with Crippen LogP contribution in [0.25, 0.3) is 0 Å². The van der Waals surface area contributed by atoms with Crippen molar-refractivity contribution in [3.8, 4) is 0 Å². The maximum Gasteiger partial charge on any atom is 0.166 e. The van der Waals surface area contributed by atoms with Gasteiger partial charge in [-0.15, -0.1) is 6.58 Å². The van der Waals surface area contributed by atoms with E-state index in [1.165, 1.54) is 42.3 Å². The van der Waals surface area contributed by atoms with Gasteiger partial charge < -0.3 is 4.42 Å². The van der Waals surface area contributed by atoms with Crippen LogP contribution in [-0.2, 0) is 0 Å². The molecular formula is C19H26OSi. The molecular weight excluding hydrogens is 272 g/mol. The van der Waals surface area contributed by atoms with Crippen LogP contribution in [0.1, 0.15) is 32.6 Å². The standard InChI is InChI=1S/C19H26OSi/c1-3-5-6-10-17-21(16-4-2,19-14-11-15-20-19)18-12-8-7-9-13-18/h4,7-9,11-15H,2-3,5-6,10,16-17H2,1H3. The number of furan rings is 1. The van der Waals surface area contributed by atoms with Gasteiger partial charge in [-0.05, 0) is 24.2 Å². The van der Waals surface area contributed by atoms with E-state index >= 15 is 0 Å². The Balaban J connectivity index is 2.33. The van der Waals surface area contributed by atoms with Crippen molar-refractivity contribution in [3.05, 3.63) is 61.4 Å². The summed E-state index contributed by atoms with van der Waals surface area (Å²) in [6.45, 7) is 6.28. The number of hydrogen-bond acceptors (Lipinski definition) is 1. The van der Waals surface area contributed by atoms with Gasteiger partial charge in [0.1, 0.15) is 0 Å². The molecule has 0 bridgehead atoms. The largest absolute Gasteiger partial charge is 0.474 e. The summed E-state index contributed by atoms with van der Waals surface area (Å²) in [7, 11) is -1.83. The minimum atomic E-state index is -1.83. The van der Waals surface area contributed by atoms with Gasteiger partial charge in [-0.1, -0.05) is 74.2 Å². The van der Waals surface area contributed by atoms with Gasteiger partial charge in [-0.25, -0.2) is 0 Å². The fourth-order valence-electron chi connectivity index (χ4n) is 3.14. The molecule has 0 fully saturated rings. The fraction of sp³-hybridized carbons (Fsp3) is 0.368. The summed E-state index contributed by atoms with van der Waals surface area (Å²) in [5.74, 6) is 0. The molecule has 1 atom stereocenters. The summed E-state index contributed by atoms with van der Waals surface area (Å²) >= 11 is 0. The van der Waals surface area contributed by atoms with Crippen LogP contribution in [0.4, 0.5) is 0 Å². The van der Waals surface area contributed by atoms with Crippen molar-refractivity contribution >= 4 is 18.6 Å². The Morgan fingerprint density at radius 1 is 1.05 bits per heavy atom. The van der Waals surface area contributed by atoms with Gasteiger partial charge in [0.05, 0.1) is 11.6 Å². The maximum atomic E-state index is 5.88. The second kappa shape index (κ2) is 8.04. The lowest BCUT2D eigenvalue weighted by Crippen LogP contribution is -2.57. The molecule has 1 nitrogen and oxygen atoms in total. The molecule has 21 heavy (non-hydrogen) atoms. The van der Waals surface area contributed by atoms with Gasteiger partial charge in [-0.2, -0.15) is 0 Å². The van der Waals surface area contributed by atoms with E-state index in [2.05, 4.69) is 56.0 Å². The van der Waals surface area contributed by atoms with Crippen molar-refractivity contribution in [2.24, 2.45) is 0 Å². The molecule has 0 saturated heterocycles. The van der Waals surface area contributed by atoms with Crippen LogP contribution in [0.2, 0.25) is 12.1 Å². The first-order valence-electron chi connectivity index (χ1n) is 8.04. The van der Waals surface area contributed by atoms with Gasteiger partial charge in [0.15, 0.2) is 8.07 Å². The summed E-state index contributed by atoms with van der Waals surface area (Å²) < 4.78 is 5.88. The van der Waals surface area contributed by atoms with E-state index in [0.29, 0.717) is 0 Å². The van der Waals surface area contributed by atoms with E-state index in [9.17, 15) is 0 Å². The lowest BCUT2D eigenvalue weighted by Gasteiger charge is -2.29. The Labute approximate surface area is 129 Å². The maximum absolute atomic E-state index is 5.88.